The van der Waals surface area contributed by atoms with Crippen molar-refractivity contribution in [1.29, 1.82) is 0 Å². The van der Waals surface area contributed by atoms with Crippen molar-refractivity contribution < 1.29 is 38.0 Å². The molecule has 0 aromatic heterocycles. The molecule has 1 aliphatic rings. The van der Waals surface area contributed by atoms with Crippen molar-refractivity contribution >= 4 is 5.97 Å². The molecule has 1 fully saturated rings. The molecule has 1 aliphatic heterocycles. The smallest absolute Gasteiger partial charge is 0.303 e. The Kier molecular flexibility index (Phi) is 16.0. The number of hydrogen-bond acceptors (Lipinski definition) is 8. The van der Waals surface area contributed by atoms with Crippen LogP contribution in [-0.4, -0.2) is 63.6 Å². The maximum absolute atomic E-state index is 12.4. The van der Waals surface area contributed by atoms with Crippen LogP contribution in [0.3, 0.4) is 0 Å². The molecule has 0 spiro atoms. The van der Waals surface area contributed by atoms with E-state index in [0.717, 1.165) is 49.0 Å². The zero-order chi connectivity index (χ0) is 32.2. The minimum absolute atomic E-state index is 0.233. The largest absolute Gasteiger partial charge is 0.454 e. The molecule has 1 saturated heterocycles. The van der Waals surface area contributed by atoms with E-state index in [9.17, 15) is 4.79 Å². The molecule has 0 amide bonds. The highest BCUT2D eigenvalue weighted by atomic mass is 16.7. The number of allylic oxidation sites excluding steroid dienone is 2. The van der Waals surface area contributed by atoms with Gasteiger partial charge in [0.05, 0.1) is 33.0 Å². The van der Waals surface area contributed by atoms with E-state index in [4.69, 9.17) is 33.2 Å². The molecule has 5 atom stereocenters. The Morgan fingerprint density at radius 3 is 1.74 bits per heavy atom. The summed E-state index contributed by atoms with van der Waals surface area (Å²) < 4.78 is 43.1. The van der Waals surface area contributed by atoms with Gasteiger partial charge in [-0.05, 0) is 42.4 Å². The summed E-state index contributed by atoms with van der Waals surface area (Å²) in [5.41, 5.74) is 3.05. The van der Waals surface area contributed by atoms with Gasteiger partial charge in [-0.3, -0.25) is 4.79 Å². The number of carbonyl (C=O) groups excluding carboxylic acids is 1. The Bertz CT molecular complexity index is 1250. The lowest BCUT2D eigenvalue weighted by Crippen LogP contribution is -2.62. The third kappa shape index (κ3) is 12.4. The number of ether oxygens (including phenoxy) is 7. The number of rotatable bonds is 20. The van der Waals surface area contributed by atoms with E-state index in [-0.39, 0.29) is 6.61 Å². The van der Waals surface area contributed by atoms with Gasteiger partial charge in [0.2, 0.25) is 0 Å². The van der Waals surface area contributed by atoms with Crippen molar-refractivity contribution in [2.45, 2.75) is 83.1 Å². The van der Waals surface area contributed by atoms with Crippen LogP contribution in [0.1, 0.15) is 49.3 Å². The monoisotopic (exact) mass is 632 g/mol. The summed E-state index contributed by atoms with van der Waals surface area (Å²) in [6.45, 7) is 3.83. The van der Waals surface area contributed by atoms with Gasteiger partial charge < -0.3 is 33.2 Å². The fourth-order valence-electron chi connectivity index (χ4n) is 5.24. The normalized spacial score (nSPS) is 21.4. The van der Waals surface area contributed by atoms with Gasteiger partial charge >= 0.3 is 5.97 Å². The minimum atomic E-state index is -0.864. The summed E-state index contributed by atoms with van der Waals surface area (Å²) in [6.07, 6.45) is 4.38. The Labute approximate surface area is 273 Å². The Morgan fingerprint density at radius 1 is 0.674 bits per heavy atom. The van der Waals surface area contributed by atoms with Gasteiger partial charge in [-0.2, -0.15) is 0 Å². The van der Waals surface area contributed by atoms with Gasteiger partial charge in [0.1, 0.15) is 18.3 Å². The highest BCUT2D eigenvalue weighted by molar-refractivity contribution is 5.66. The summed E-state index contributed by atoms with van der Waals surface area (Å²) in [4.78, 5) is 12.4. The van der Waals surface area contributed by atoms with Gasteiger partial charge in [0.25, 0.3) is 0 Å². The zero-order valence-corrected chi connectivity index (χ0v) is 27.0. The third-order valence-electron chi connectivity index (χ3n) is 7.54. The second-order valence-electron chi connectivity index (χ2n) is 11.3. The van der Waals surface area contributed by atoms with Crippen molar-refractivity contribution in [3.05, 3.63) is 120 Å². The molecular weight excluding hydrogens is 584 g/mol. The van der Waals surface area contributed by atoms with Crippen LogP contribution in [0.4, 0.5) is 0 Å². The van der Waals surface area contributed by atoms with Crippen LogP contribution in [0.2, 0.25) is 0 Å². The van der Waals surface area contributed by atoms with Crippen LogP contribution in [0.5, 0.6) is 0 Å². The van der Waals surface area contributed by atoms with E-state index in [0.29, 0.717) is 26.4 Å². The highest BCUT2D eigenvalue weighted by Crippen LogP contribution is 2.31. The van der Waals surface area contributed by atoms with Crippen LogP contribution < -0.4 is 0 Å². The molecule has 4 rings (SSSR count). The number of carbonyl (C=O) groups is 1. The molecule has 8 heteroatoms. The van der Waals surface area contributed by atoms with E-state index >= 15 is 0 Å². The van der Waals surface area contributed by atoms with Crippen molar-refractivity contribution in [2.75, 3.05) is 26.9 Å². The van der Waals surface area contributed by atoms with E-state index in [1.165, 1.54) is 6.92 Å². The maximum atomic E-state index is 12.4. The van der Waals surface area contributed by atoms with Crippen LogP contribution in [0.25, 0.3) is 0 Å². The Hall–Kier alpha value is -3.37. The molecular formula is C38H48O8. The quantitative estimate of drug-likeness (QED) is 0.0764. The standard InChI is InChI=1S/C38H48O8/c1-30(39)45-37-36(44-28-33-22-14-9-15-23-33)35(43-27-32-20-12-8-13-21-32)34(29-41-26-31-18-10-7-11-19-31)46-38(37)42-25-17-6-4-3-5-16-24-40-2/h3-4,7-15,18-23,34-38H,5-6,16-17,24-29H2,1-2H3/b4-3-/t34?,35-,36-,37?,38+/m1/s1. The second kappa shape index (κ2) is 20.7. The van der Waals surface area contributed by atoms with Crippen LogP contribution in [-0.2, 0) is 57.8 Å². The van der Waals surface area contributed by atoms with Gasteiger partial charge in [-0.15, -0.1) is 0 Å². The molecule has 46 heavy (non-hydrogen) atoms. The fourth-order valence-corrected chi connectivity index (χ4v) is 5.24. The number of esters is 1. The van der Waals surface area contributed by atoms with Gasteiger partial charge in [-0.1, -0.05) is 103 Å². The summed E-state index contributed by atoms with van der Waals surface area (Å²) in [5.74, 6) is -0.449. The predicted molar refractivity (Wildman–Crippen MR) is 176 cm³/mol. The molecule has 0 aliphatic carbocycles. The van der Waals surface area contributed by atoms with Crippen LogP contribution >= 0.6 is 0 Å². The van der Waals surface area contributed by atoms with Gasteiger partial charge in [0.15, 0.2) is 12.4 Å². The van der Waals surface area contributed by atoms with Crippen LogP contribution in [0, 0.1) is 0 Å². The molecule has 8 nitrogen and oxygen atoms in total. The summed E-state index contributed by atoms with van der Waals surface area (Å²) in [6, 6.07) is 29.8. The Morgan fingerprint density at radius 2 is 1.20 bits per heavy atom. The first-order valence-corrected chi connectivity index (χ1v) is 16.1. The van der Waals surface area contributed by atoms with Gasteiger partial charge in [-0.25, -0.2) is 0 Å². The predicted octanol–water partition coefficient (Wildman–Crippen LogP) is 6.81. The SMILES string of the molecule is COCCC/C=C\CCCO[C@H]1OC(COCc2ccccc2)[C@@H](OCc2ccccc2)[C@@H](OCc2ccccc2)C1OC(C)=O. The van der Waals surface area contributed by atoms with Crippen molar-refractivity contribution in [2.24, 2.45) is 0 Å². The average Bonchev–Trinajstić information content (AvgIpc) is 3.08. The number of unbranched alkanes of at least 4 members (excludes halogenated alkanes) is 2. The molecule has 3 aromatic rings. The average molecular weight is 633 g/mol. The minimum Gasteiger partial charge on any atom is -0.454 e. The summed E-state index contributed by atoms with van der Waals surface area (Å²) >= 11 is 0. The lowest BCUT2D eigenvalue weighted by atomic mass is 9.97. The van der Waals surface area contributed by atoms with E-state index in [1.54, 1.807) is 7.11 Å². The molecule has 3 aromatic carbocycles. The first-order chi connectivity index (χ1) is 22.6. The maximum Gasteiger partial charge on any atom is 0.303 e. The fraction of sp³-hybridized carbons (Fsp3) is 0.447. The lowest BCUT2D eigenvalue weighted by molar-refractivity contribution is -0.321. The summed E-state index contributed by atoms with van der Waals surface area (Å²) in [5, 5.41) is 0. The van der Waals surface area contributed by atoms with E-state index in [1.807, 2.05) is 91.0 Å². The van der Waals surface area contributed by atoms with Gasteiger partial charge in [0, 0.05) is 20.6 Å². The number of methoxy groups -OCH3 is 1. The Balaban J connectivity index is 1.52. The molecule has 0 radical (unpaired) electrons. The summed E-state index contributed by atoms with van der Waals surface area (Å²) in [7, 11) is 1.71. The first kappa shape index (κ1) is 35.5. The molecule has 2 unspecified atom stereocenters. The van der Waals surface area contributed by atoms with E-state index < -0.39 is 36.7 Å². The third-order valence-corrected chi connectivity index (χ3v) is 7.54. The molecule has 0 saturated carbocycles. The molecule has 248 valence electrons. The zero-order valence-electron chi connectivity index (χ0n) is 27.0. The van der Waals surface area contributed by atoms with Crippen molar-refractivity contribution in [1.82, 2.24) is 0 Å². The van der Waals surface area contributed by atoms with Crippen molar-refractivity contribution in [3.8, 4) is 0 Å². The van der Waals surface area contributed by atoms with Crippen molar-refractivity contribution in [3.63, 3.8) is 0 Å². The van der Waals surface area contributed by atoms with E-state index in [2.05, 4.69) is 12.2 Å². The number of hydrogen-bond donors (Lipinski definition) is 0. The molecule has 0 bridgehead atoms. The molecule has 0 N–H and O–H groups in total. The van der Waals surface area contributed by atoms with Crippen LogP contribution in [0.15, 0.2) is 103 Å². The highest BCUT2D eigenvalue weighted by Gasteiger charge is 2.50. The second-order valence-corrected chi connectivity index (χ2v) is 11.3. The lowest BCUT2D eigenvalue weighted by Gasteiger charge is -2.45. The topological polar surface area (TPSA) is 81.7 Å². The number of benzene rings is 3. The molecule has 1 heterocycles. The first-order valence-electron chi connectivity index (χ1n) is 16.1.